The SMILES string of the molecule is Br.Br.Br.Br.C1=Cc2cc3ccc(cc4ccc(cc5nc(cc1n2)C=C5)[nH]4)[nH]3. The minimum atomic E-state index is 0. The molecule has 3 aromatic heterocycles. The Morgan fingerprint density at radius 3 is 1.14 bits per heavy atom. The van der Waals surface area contributed by atoms with Crippen LogP contribution in [-0.4, -0.2) is 19.9 Å². The number of aromatic nitrogens is 4. The molecule has 2 N–H and O–H groups in total. The van der Waals surface area contributed by atoms with Crippen molar-refractivity contribution in [3.8, 4) is 0 Å². The van der Waals surface area contributed by atoms with Crippen LogP contribution in [0, 0.1) is 0 Å². The topological polar surface area (TPSA) is 57.4 Å². The highest BCUT2D eigenvalue weighted by Crippen LogP contribution is 2.17. The predicted molar refractivity (Wildman–Crippen MR) is 140 cm³/mol. The molecule has 0 atom stereocenters. The van der Waals surface area contributed by atoms with Crippen molar-refractivity contribution in [2.24, 2.45) is 0 Å². The molecule has 0 amide bonds. The quantitative estimate of drug-likeness (QED) is 0.194. The van der Waals surface area contributed by atoms with Gasteiger partial charge in [0.25, 0.3) is 0 Å². The van der Waals surface area contributed by atoms with Gasteiger partial charge in [0.05, 0.1) is 22.8 Å². The van der Waals surface area contributed by atoms with Gasteiger partial charge in [-0.15, -0.1) is 67.9 Å². The van der Waals surface area contributed by atoms with E-state index >= 15 is 0 Å². The van der Waals surface area contributed by atoms with Crippen LogP contribution in [0.15, 0.2) is 48.5 Å². The molecular formula is C20H18Br4N4. The van der Waals surface area contributed by atoms with Crippen LogP contribution in [0.1, 0.15) is 22.8 Å². The van der Waals surface area contributed by atoms with Gasteiger partial charge < -0.3 is 9.97 Å². The van der Waals surface area contributed by atoms with E-state index in [0.717, 1.165) is 44.8 Å². The second-order valence-electron chi connectivity index (χ2n) is 5.91. The maximum absolute atomic E-state index is 4.62. The number of nitrogens with one attached hydrogen (secondary N) is 2. The lowest BCUT2D eigenvalue weighted by Crippen LogP contribution is -1.77. The Balaban J connectivity index is 0.000000980. The van der Waals surface area contributed by atoms with Gasteiger partial charge in [-0.2, -0.15) is 0 Å². The van der Waals surface area contributed by atoms with Crippen LogP contribution in [0.4, 0.5) is 0 Å². The Kier molecular flexibility index (Phi) is 9.07. The van der Waals surface area contributed by atoms with Gasteiger partial charge in [0.2, 0.25) is 0 Å². The summed E-state index contributed by atoms with van der Waals surface area (Å²) in [6.07, 6.45) is 8.05. The highest BCUT2D eigenvalue weighted by molar-refractivity contribution is 8.93. The maximum Gasteiger partial charge on any atom is 0.0659 e. The average molecular weight is 634 g/mol. The first-order chi connectivity index (χ1) is 11.8. The van der Waals surface area contributed by atoms with Gasteiger partial charge in [-0.3, -0.25) is 0 Å². The molecule has 0 fully saturated rings. The molecule has 5 rings (SSSR count). The van der Waals surface area contributed by atoms with Crippen molar-refractivity contribution in [2.45, 2.75) is 0 Å². The first kappa shape index (κ1) is 24.6. The van der Waals surface area contributed by atoms with Crippen molar-refractivity contribution in [1.82, 2.24) is 19.9 Å². The lowest BCUT2D eigenvalue weighted by molar-refractivity contribution is 1.28. The van der Waals surface area contributed by atoms with Gasteiger partial charge in [0, 0.05) is 22.1 Å². The highest BCUT2D eigenvalue weighted by atomic mass is 79.9. The maximum atomic E-state index is 4.62. The number of aromatic amines is 2. The molecule has 0 aliphatic carbocycles. The summed E-state index contributed by atoms with van der Waals surface area (Å²) in [4.78, 5) is 16.0. The molecule has 0 radical (unpaired) electrons. The summed E-state index contributed by atoms with van der Waals surface area (Å²) in [5.74, 6) is 0. The van der Waals surface area contributed by atoms with Gasteiger partial charge in [0.15, 0.2) is 0 Å². The van der Waals surface area contributed by atoms with Crippen LogP contribution in [0.3, 0.4) is 0 Å². The Labute approximate surface area is 204 Å². The van der Waals surface area contributed by atoms with Crippen molar-refractivity contribution in [1.29, 1.82) is 0 Å². The minimum absolute atomic E-state index is 0. The van der Waals surface area contributed by atoms with Gasteiger partial charge >= 0.3 is 0 Å². The van der Waals surface area contributed by atoms with E-state index in [4.69, 9.17) is 0 Å². The molecular weight excluding hydrogens is 616 g/mol. The van der Waals surface area contributed by atoms with Crippen LogP contribution in [0.5, 0.6) is 0 Å². The van der Waals surface area contributed by atoms with E-state index in [2.05, 4.69) is 50.3 Å². The first-order valence-electron chi connectivity index (χ1n) is 7.85. The molecule has 0 aromatic carbocycles. The molecule has 3 aromatic rings. The highest BCUT2D eigenvalue weighted by Gasteiger charge is 2.02. The Bertz CT molecular complexity index is 1090. The van der Waals surface area contributed by atoms with E-state index < -0.39 is 0 Å². The third-order valence-corrected chi connectivity index (χ3v) is 4.04. The largest absolute Gasteiger partial charge is 0.355 e. The summed E-state index contributed by atoms with van der Waals surface area (Å²) in [5.41, 5.74) is 7.86. The molecule has 4 nitrogen and oxygen atoms in total. The molecule has 0 saturated heterocycles. The van der Waals surface area contributed by atoms with E-state index in [1.165, 1.54) is 0 Å². The van der Waals surface area contributed by atoms with Gasteiger partial charge in [-0.05, 0) is 72.8 Å². The molecule has 0 unspecified atom stereocenters. The number of rotatable bonds is 0. The van der Waals surface area contributed by atoms with E-state index in [-0.39, 0.29) is 67.9 Å². The number of fused-ring (bicyclic) bond motifs is 8. The Morgan fingerprint density at radius 2 is 0.750 bits per heavy atom. The summed E-state index contributed by atoms with van der Waals surface area (Å²) < 4.78 is 0. The van der Waals surface area contributed by atoms with Crippen molar-refractivity contribution in [3.05, 3.63) is 71.3 Å². The number of halogens is 4. The van der Waals surface area contributed by atoms with Crippen molar-refractivity contribution in [3.63, 3.8) is 0 Å². The second kappa shape index (κ2) is 10.3. The molecule has 28 heavy (non-hydrogen) atoms. The fourth-order valence-corrected chi connectivity index (χ4v) is 2.94. The van der Waals surface area contributed by atoms with Crippen LogP contribution in [0.25, 0.3) is 46.4 Å². The first-order valence-corrected chi connectivity index (χ1v) is 7.85. The summed E-state index contributed by atoms with van der Waals surface area (Å²) in [6.45, 7) is 0. The lowest BCUT2D eigenvalue weighted by atomic mass is 10.3. The summed E-state index contributed by atoms with van der Waals surface area (Å²) in [7, 11) is 0. The van der Waals surface area contributed by atoms with E-state index in [0.29, 0.717) is 0 Å². The zero-order valence-corrected chi connectivity index (χ0v) is 21.3. The Hall–Kier alpha value is -1.48. The van der Waals surface area contributed by atoms with Crippen LogP contribution >= 0.6 is 67.9 Å². The standard InChI is InChI=1S/C20H14N4.4BrH/c1-2-14-10-16-5-6-18(23-16)12-20-8-7-19(24-20)11-17-4-3-15(22-17)9-13(1)21-14;;;;/h1-12,21-22H;4*1H. The fraction of sp³-hybridized carbons (Fsp3) is 0. The molecule has 8 bridgehead atoms. The van der Waals surface area contributed by atoms with Crippen LogP contribution in [-0.2, 0) is 0 Å². The fourth-order valence-electron chi connectivity index (χ4n) is 2.94. The monoisotopic (exact) mass is 630 g/mol. The van der Waals surface area contributed by atoms with E-state index in [1.807, 2.05) is 42.5 Å². The molecule has 146 valence electrons. The molecule has 5 heterocycles. The summed E-state index contributed by atoms with van der Waals surface area (Å²) >= 11 is 0. The number of H-pyrrole nitrogens is 2. The van der Waals surface area contributed by atoms with Gasteiger partial charge in [-0.25, -0.2) is 9.97 Å². The van der Waals surface area contributed by atoms with E-state index in [9.17, 15) is 0 Å². The van der Waals surface area contributed by atoms with Crippen molar-refractivity contribution >= 4 is 114 Å². The normalized spacial score (nSPS) is 10.9. The third-order valence-electron chi connectivity index (χ3n) is 4.04. The molecule has 0 spiro atoms. The smallest absolute Gasteiger partial charge is 0.0659 e. The molecule has 2 aliphatic heterocycles. The van der Waals surface area contributed by atoms with Crippen molar-refractivity contribution in [2.75, 3.05) is 0 Å². The molecule has 2 aliphatic rings. The number of hydrogen-bond donors (Lipinski definition) is 2. The Morgan fingerprint density at radius 1 is 0.429 bits per heavy atom. The van der Waals surface area contributed by atoms with Gasteiger partial charge in [-0.1, -0.05) is 0 Å². The summed E-state index contributed by atoms with van der Waals surface area (Å²) in [5, 5.41) is 0. The van der Waals surface area contributed by atoms with Crippen LogP contribution in [0.2, 0.25) is 0 Å². The average Bonchev–Trinajstić information content (AvgIpc) is 3.32. The zero-order valence-electron chi connectivity index (χ0n) is 14.5. The minimum Gasteiger partial charge on any atom is -0.355 e. The predicted octanol–water partition coefficient (Wildman–Crippen LogP) is 6.97. The molecule has 0 saturated carbocycles. The number of hydrogen-bond acceptors (Lipinski definition) is 2. The molecule has 8 heteroatoms. The van der Waals surface area contributed by atoms with Crippen molar-refractivity contribution < 1.29 is 0 Å². The van der Waals surface area contributed by atoms with Crippen LogP contribution < -0.4 is 0 Å². The lowest BCUT2D eigenvalue weighted by Gasteiger charge is -1.86. The zero-order chi connectivity index (χ0) is 15.9. The summed E-state index contributed by atoms with van der Waals surface area (Å²) in [6, 6.07) is 16.4. The number of nitrogens with zero attached hydrogens (tertiary/aromatic N) is 2. The van der Waals surface area contributed by atoms with E-state index in [1.54, 1.807) is 0 Å². The second-order valence-corrected chi connectivity index (χ2v) is 5.91. The third kappa shape index (κ3) is 5.31. The van der Waals surface area contributed by atoms with Gasteiger partial charge in [0.1, 0.15) is 0 Å².